The summed E-state index contributed by atoms with van der Waals surface area (Å²) in [6.07, 6.45) is 1.91. The fraction of sp³-hybridized carbons (Fsp3) is 0.714. The molecule has 1 atom stereocenters. The molecule has 0 bridgehead atoms. The predicted molar refractivity (Wildman–Crippen MR) is 95.5 cm³/mol. The van der Waals surface area contributed by atoms with Crippen molar-refractivity contribution in [1.82, 2.24) is 14.5 Å². The number of rotatable bonds is 9. The molecule has 1 aliphatic heterocycles. The lowest BCUT2D eigenvalue weighted by molar-refractivity contribution is -0.139. The van der Waals surface area contributed by atoms with Crippen molar-refractivity contribution in [3.05, 3.63) is 0 Å². The summed E-state index contributed by atoms with van der Waals surface area (Å²) in [5.74, 6) is -1.19. The molecule has 0 radical (unpaired) electrons. The Morgan fingerprint density at radius 3 is 2.46 bits per heavy atom. The van der Waals surface area contributed by atoms with Gasteiger partial charge in [0.05, 0.1) is 25.4 Å². The number of carbonyl (C=O) groups excluding carboxylic acids is 3. The van der Waals surface area contributed by atoms with Gasteiger partial charge >= 0.3 is 0 Å². The van der Waals surface area contributed by atoms with Crippen LogP contribution in [-0.4, -0.2) is 86.2 Å². The Kier molecular flexibility index (Phi) is 7.96. The van der Waals surface area contributed by atoms with Crippen LogP contribution in [0.15, 0.2) is 4.99 Å². The van der Waals surface area contributed by atoms with Crippen molar-refractivity contribution in [2.45, 2.75) is 25.8 Å². The molecule has 11 nitrogen and oxygen atoms in total. The summed E-state index contributed by atoms with van der Waals surface area (Å²) >= 11 is 0. The monoisotopic (exact) mass is 390 g/mol. The van der Waals surface area contributed by atoms with Gasteiger partial charge in [-0.05, 0) is 19.8 Å². The number of hydrogen-bond acceptors (Lipinski definition) is 6. The number of nitrogens with one attached hydrogen (secondary N) is 1. The lowest BCUT2D eigenvalue weighted by Gasteiger charge is -2.32. The smallest absolute Gasteiger partial charge is 0.240 e. The highest BCUT2D eigenvalue weighted by atomic mass is 32.2. The topological polar surface area (TPSA) is 168 Å². The first-order valence-corrected chi connectivity index (χ1v) is 9.93. The maximum atomic E-state index is 12.1. The Hall–Kier alpha value is -2.21. The summed E-state index contributed by atoms with van der Waals surface area (Å²) < 4.78 is 24.0. The molecule has 0 aromatic carbocycles. The number of nitrogens with zero attached hydrogens (tertiary/aromatic N) is 3. The highest BCUT2D eigenvalue weighted by molar-refractivity contribution is 7.88. The molecule has 0 aromatic heterocycles. The summed E-state index contributed by atoms with van der Waals surface area (Å²) in [5, 5.41) is 2.59. The number of amides is 2. The molecule has 1 aliphatic rings. The van der Waals surface area contributed by atoms with Crippen LogP contribution in [0.1, 0.15) is 19.8 Å². The number of hydrogen-bond donors (Lipinski definition) is 3. The van der Waals surface area contributed by atoms with E-state index >= 15 is 0 Å². The van der Waals surface area contributed by atoms with E-state index in [4.69, 9.17) is 11.5 Å². The fourth-order valence-corrected chi connectivity index (χ4v) is 3.19. The quantitative estimate of drug-likeness (QED) is 0.217. The van der Waals surface area contributed by atoms with Gasteiger partial charge in [-0.3, -0.25) is 19.4 Å². The van der Waals surface area contributed by atoms with Crippen LogP contribution in [0.4, 0.5) is 0 Å². The van der Waals surface area contributed by atoms with Crippen LogP contribution in [0.5, 0.6) is 0 Å². The van der Waals surface area contributed by atoms with E-state index in [0.717, 1.165) is 10.6 Å². The molecule has 0 unspecified atom stereocenters. The van der Waals surface area contributed by atoms with Crippen molar-refractivity contribution in [3.8, 4) is 0 Å². The molecule has 5 N–H and O–H groups in total. The highest BCUT2D eigenvalue weighted by Gasteiger charge is 2.30. The molecular formula is C14H26N6O5S. The van der Waals surface area contributed by atoms with Crippen molar-refractivity contribution >= 4 is 33.6 Å². The maximum Gasteiger partial charge on any atom is 0.240 e. The van der Waals surface area contributed by atoms with Gasteiger partial charge in [-0.15, -0.1) is 0 Å². The lowest BCUT2D eigenvalue weighted by atomic mass is 10.1. The SMILES string of the molecule is CC(=O)[C@H](CCCN=C(N)N)NC(=O)CN1CCN(S(C)(=O)=O)CC1=O. The normalized spacial score (nSPS) is 16.8. The second-order valence-electron chi connectivity index (χ2n) is 6.09. The standard InChI is InChI=1S/C14H26N6O5S/c1-10(21)11(4-3-5-17-14(15)16)18-12(22)8-19-6-7-20(9-13(19)23)26(2,24)25/h11H,3-9H2,1-2H3,(H,18,22)(H4,15,16,17)/t11-/m0/s1. The Labute approximate surface area is 152 Å². The molecule has 0 saturated carbocycles. The van der Waals surface area contributed by atoms with Crippen LogP contribution < -0.4 is 16.8 Å². The number of sulfonamides is 1. The molecule has 1 heterocycles. The Morgan fingerprint density at radius 1 is 1.31 bits per heavy atom. The molecule has 0 aromatic rings. The van der Waals surface area contributed by atoms with E-state index in [-0.39, 0.29) is 37.9 Å². The van der Waals surface area contributed by atoms with Crippen LogP contribution >= 0.6 is 0 Å². The van der Waals surface area contributed by atoms with Crippen molar-refractivity contribution in [2.24, 2.45) is 16.5 Å². The van der Waals surface area contributed by atoms with Gasteiger partial charge in [0.2, 0.25) is 21.8 Å². The highest BCUT2D eigenvalue weighted by Crippen LogP contribution is 2.07. The van der Waals surface area contributed by atoms with Gasteiger partial charge in [0.25, 0.3) is 0 Å². The Bertz CT molecular complexity index is 673. The van der Waals surface area contributed by atoms with Crippen molar-refractivity contribution in [2.75, 3.05) is 39.0 Å². The first kappa shape index (κ1) is 21.8. The third kappa shape index (κ3) is 7.35. The Balaban J connectivity index is 2.51. The number of guanidine groups is 1. The van der Waals surface area contributed by atoms with Crippen LogP contribution in [-0.2, 0) is 24.4 Å². The zero-order valence-electron chi connectivity index (χ0n) is 15.0. The molecule has 1 saturated heterocycles. The molecular weight excluding hydrogens is 364 g/mol. The summed E-state index contributed by atoms with van der Waals surface area (Å²) in [5.41, 5.74) is 10.4. The first-order valence-electron chi connectivity index (χ1n) is 8.08. The zero-order valence-corrected chi connectivity index (χ0v) is 15.8. The average molecular weight is 390 g/mol. The third-order valence-corrected chi connectivity index (χ3v) is 5.11. The van der Waals surface area contributed by atoms with Crippen molar-refractivity contribution < 1.29 is 22.8 Å². The minimum absolute atomic E-state index is 0.0415. The number of Topliss-reactive ketones (excluding diaryl/α,β-unsaturated/α-hetero) is 1. The van der Waals surface area contributed by atoms with E-state index in [9.17, 15) is 22.8 Å². The lowest BCUT2D eigenvalue weighted by Crippen LogP contribution is -2.55. The van der Waals surface area contributed by atoms with E-state index in [1.165, 1.54) is 11.8 Å². The Morgan fingerprint density at radius 2 is 1.96 bits per heavy atom. The molecule has 148 valence electrons. The van der Waals surface area contributed by atoms with E-state index in [1.807, 2.05) is 0 Å². The van der Waals surface area contributed by atoms with Crippen molar-refractivity contribution in [1.29, 1.82) is 0 Å². The minimum Gasteiger partial charge on any atom is -0.370 e. The molecule has 0 aliphatic carbocycles. The summed E-state index contributed by atoms with van der Waals surface area (Å²) in [4.78, 5) is 40.9. The molecule has 1 rings (SSSR count). The van der Waals surface area contributed by atoms with Crippen LogP contribution in [0.25, 0.3) is 0 Å². The second-order valence-corrected chi connectivity index (χ2v) is 8.07. The molecule has 0 spiro atoms. The largest absolute Gasteiger partial charge is 0.370 e. The van der Waals surface area contributed by atoms with Gasteiger partial charge in [-0.2, -0.15) is 4.31 Å². The summed E-state index contributed by atoms with van der Waals surface area (Å²) in [6, 6.07) is -0.691. The summed E-state index contributed by atoms with van der Waals surface area (Å²) in [7, 11) is -3.45. The van der Waals surface area contributed by atoms with E-state index in [0.29, 0.717) is 19.4 Å². The third-order valence-electron chi connectivity index (χ3n) is 3.86. The van der Waals surface area contributed by atoms with Gasteiger partial charge < -0.3 is 21.7 Å². The number of carbonyl (C=O) groups is 3. The van der Waals surface area contributed by atoms with E-state index < -0.39 is 27.9 Å². The van der Waals surface area contributed by atoms with Gasteiger partial charge in [0.15, 0.2) is 11.7 Å². The number of aliphatic imine (C=N–C) groups is 1. The van der Waals surface area contributed by atoms with Crippen LogP contribution in [0.3, 0.4) is 0 Å². The maximum absolute atomic E-state index is 12.1. The first-order chi connectivity index (χ1) is 12.0. The van der Waals surface area contributed by atoms with Crippen LogP contribution in [0.2, 0.25) is 0 Å². The minimum atomic E-state index is -3.45. The molecule has 1 fully saturated rings. The number of piperazine rings is 1. The van der Waals surface area contributed by atoms with Crippen molar-refractivity contribution in [3.63, 3.8) is 0 Å². The average Bonchev–Trinajstić information content (AvgIpc) is 2.50. The van der Waals surface area contributed by atoms with Gasteiger partial charge in [-0.25, -0.2) is 8.42 Å². The number of ketones is 1. The molecule has 2 amide bonds. The van der Waals surface area contributed by atoms with E-state index in [1.54, 1.807) is 0 Å². The van der Waals surface area contributed by atoms with E-state index in [2.05, 4.69) is 10.3 Å². The fourth-order valence-electron chi connectivity index (χ4n) is 2.43. The molecule has 26 heavy (non-hydrogen) atoms. The van der Waals surface area contributed by atoms with Gasteiger partial charge in [0.1, 0.15) is 0 Å². The van der Waals surface area contributed by atoms with Gasteiger partial charge in [-0.1, -0.05) is 0 Å². The number of nitrogens with two attached hydrogens (primary N) is 2. The summed E-state index contributed by atoms with van der Waals surface area (Å²) in [6.45, 7) is 1.44. The second kappa shape index (κ2) is 9.48. The zero-order chi connectivity index (χ0) is 19.9. The molecule has 12 heteroatoms. The predicted octanol–water partition coefficient (Wildman–Crippen LogP) is -2.78. The van der Waals surface area contributed by atoms with Crippen LogP contribution in [0, 0.1) is 0 Å². The van der Waals surface area contributed by atoms with Gasteiger partial charge in [0, 0.05) is 19.6 Å².